The van der Waals surface area contributed by atoms with Crippen molar-refractivity contribution in [3.8, 4) is 0 Å². The van der Waals surface area contributed by atoms with Gasteiger partial charge in [0.15, 0.2) is 0 Å². The highest BCUT2D eigenvalue weighted by Crippen LogP contribution is 2.44. The van der Waals surface area contributed by atoms with Gasteiger partial charge in [0.05, 0.1) is 5.69 Å². The number of aromatic nitrogens is 1. The van der Waals surface area contributed by atoms with E-state index in [2.05, 4.69) is 35.3 Å². The first-order valence-corrected chi connectivity index (χ1v) is 5.90. The molecule has 1 aliphatic carbocycles. The van der Waals surface area contributed by atoms with Crippen LogP contribution in [-0.4, -0.2) is 11.5 Å². The Kier molecular flexibility index (Phi) is 2.18. The van der Waals surface area contributed by atoms with Crippen LogP contribution < -0.4 is 5.73 Å². The molecule has 2 aromatic rings. The maximum absolute atomic E-state index is 5.95. The molecule has 1 heterocycles. The molecule has 1 aromatic heterocycles. The SMILES string of the molecule is NCC1(c2nccc3ccccc23)CCC1. The second-order valence-corrected chi connectivity index (χ2v) is 4.72. The van der Waals surface area contributed by atoms with Crippen molar-refractivity contribution >= 4 is 10.8 Å². The minimum atomic E-state index is 0.154. The second kappa shape index (κ2) is 3.56. The standard InChI is InChI=1S/C14H16N2/c15-10-14(7-3-8-14)13-12-5-2-1-4-11(12)6-9-16-13/h1-2,4-6,9H,3,7-8,10,15H2. The molecule has 0 bridgehead atoms. The molecule has 2 heteroatoms. The van der Waals surface area contributed by atoms with Gasteiger partial charge in [0.2, 0.25) is 0 Å². The van der Waals surface area contributed by atoms with Crippen LogP contribution in [0, 0.1) is 0 Å². The lowest BCUT2D eigenvalue weighted by atomic mass is 9.65. The van der Waals surface area contributed by atoms with Gasteiger partial charge in [-0.3, -0.25) is 4.98 Å². The summed E-state index contributed by atoms with van der Waals surface area (Å²) in [7, 11) is 0. The fourth-order valence-electron chi connectivity index (χ4n) is 2.68. The van der Waals surface area contributed by atoms with E-state index in [1.54, 1.807) is 0 Å². The summed E-state index contributed by atoms with van der Waals surface area (Å²) < 4.78 is 0. The Bertz CT molecular complexity index is 504. The minimum absolute atomic E-state index is 0.154. The van der Waals surface area contributed by atoms with E-state index in [0.717, 1.165) is 0 Å². The van der Waals surface area contributed by atoms with E-state index >= 15 is 0 Å². The highest BCUT2D eigenvalue weighted by atomic mass is 14.8. The first kappa shape index (κ1) is 9.79. The lowest BCUT2D eigenvalue weighted by Crippen LogP contribution is -2.42. The van der Waals surface area contributed by atoms with Crippen molar-refractivity contribution in [1.29, 1.82) is 0 Å². The summed E-state index contributed by atoms with van der Waals surface area (Å²) in [6.45, 7) is 0.716. The van der Waals surface area contributed by atoms with Crippen LogP contribution in [0.1, 0.15) is 25.0 Å². The summed E-state index contributed by atoms with van der Waals surface area (Å²) in [5.41, 5.74) is 7.31. The molecule has 0 spiro atoms. The molecule has 2 N–H and O–H groups in total. The summed E-state index contributed by atoms with van der Waals surface area (Å²) in [6.07, 6.45) is 5.56. The van der Waals surface area contributed by atoms with E-state index in [1.807, 2.05) is 6.20 Å². The average Bonchev–Trinajstić information content (AvgIpc) is 2.29. The van der Waals surface area contributed by atoms with Crippen LogP contribution in [0.15, 0.2) is 36.5 Å². The van der Waals surface area contributed by atoms with Gasteiger partial charge in [-0.15, -0.1) is 0 Å². The van der Waals surface area contributed by atoms with Gasteiger partial charge >= 0.3 is 0 Å². The number of nitrogens with zero attached hydrogens (tertiary/aromatic N) is 1. The second-order valence-electron chi connectivity index (χ2n) is 4.72. The molecule has 1 aliphatic rings. The van der Waals surface area contributed by atoms with Gasteiger partial charge in [-0.2, -0.15) is 0 Å². The Hall–Kier alpha value is -1.41. The molecule has 0 saturated heterocycles. The molecule has 1 fully saturated rings. The first-order chi connectivity index (χ1) is 7.86. The van der Waals surface area contributed by atoms with Gasteiger partial charge in [-0.25, -0.2) is 0 Å². The molecule has 3 rings (SSSR count). The molecule has 82 valence electrons. The molecule has 2 nitrogen and oxygen atoms in total. The summed E-state index contributed by atoms with van der Waals surface area (Å²) in [6, 6.07) is 10.5. The third-order valence-electron chi connectivity index (χ3n) is 3.88. The summed E-state index contributed by atoms with van der Waals surface area (Å²) in [5.74, 6) is 0. The van der Waals surface area contributed by atoms with Gasteiger partial charge in [-0.1, -0.05) is 30.7 Å². The minimum Gasteiger partial charge on any atom is -0.330 e. The van der Waals surface area contributed by atoms with Gasteiger partial charge in [0.25, 0.3) is 0 Å². The number of hydrogen-bond donors (Lipinski definition) is 1. The molecule has 0 atom stereocenters. The number of fused-ring (bicyclic) bond motifs is 1. The fourth-order valence-corrected chi connectivity index (χ4v) is 2.68. The van der Waals surface area contributed by atoms with Crippen LogP contribution >= 0.6 is 0 Å². The van der Waals surface area contributed by atoms with Crippen molar-refractivity contribution in [2.24, 2.45) is 5.73 Å². The first-order valence-electron chi connectivity index (χ1n) is 5.90. The Morgan fingerprint density at radius 1 is 1.19 bits per heavy atom. The van der Waals surface area contributed by atoms with E-state index < -0.39 is 0 Å². The zero-order chi connectivity index (χ0) is 11.0. The lowest BCUT2D eigenvalue weighted by molar-refractivity contribution is 0.248. The van der Waals surface area contributed by atoms with Crippen LogP contribution in [-0.2, 0) is 5.41 Å². The molecule has 0 amide bonds. The Labute approximate surface area is 95.5 Å². The summed E-state index contributed by atoms with van der Waals surface area (Å²) in [5, 5.41) is 2.54. The third-order valence-corrected chi connectivity index (χ3v) is 3.88. The predicted octanol–water partition coefficient (Wildman–Crippen LogP) is 2.62. The fraction of sp³-hybridized carbons (Fsp3) is 0.357. The Balaban J connectivity index is 2.23. The van der Waals surface area contributed by atoms with E-state index in [0.29, 0.717) is 6.54 Å². The molecule has 0 aliphatic heterocycles. The van der Waals surface area contributed by atoms with Crippen molar-refractivity contribution in [3.05, 3.63) is 42.2 Å². The number of pyridine rings is 1. The molecular formula is C14H16N2. The van der Waals surface area contributed by atoms with Crippen LogP contribution in [0.2, 0.25) is 0 Å². The van der Waals surface area contributed by atoms with E-state index in [1.165, 1.54) is 35.7 Å². The lowest BCUT2D eigenvalue weighted by Gasteiger charge is -2.41. The van der Waals surface area contributed by atoms with Crippen LogP contribution in [0.25, 0.3) is 10.8 Å². The maximum Gasteiger partial charge on any atom is 0.0556 e. The Morgan fingerprint density at radius 2 is 2.00 bits per heavy atom. The smallest absolute Gasteiger partial charge is 0.0556 e. The van der Waals surface area contributed by atoms with Crippen molar-refractivity contribution in [2.45, 2.75) is 24.7 Å². The normalized spacial score (nSPS) is 18.3. The molecular weight excluding hydrogens is 196 g/mol. The molecule has 0 unspecified atom stereocenters. The zero-order valence-corrected chi connectivity index (χ0v) is 9.32. The van der Waals surface area contributed by atoms with Crippen LogP contribution in [0.4, 0.5) is 0 Å². The van der Waals surface area contributed by atoms with E-state index in [-0.39, 0.29) is 5.41 Å². The monoisotopic (exact) mass is 212 g/mol. The number of rotatable bonds is 2. The zero-order valence-electron chi connectivity index (χ0n) is 9.32. The van der Waals surface area contributed by atoms with Gasteiger partial charge < -0.3 is 5.73 Å². The van der Waals surface area contributed by atoms with Crippen molar-refractivity contribution in [2.75, 3.05) is 6.54 Å². The van der Waals surface area contributed by atoms with Gasteiger partial charge in [0, 0.05) is 23.5 Å². The number of nitrogens with two attached hydrogens (primary N) is 1. The largest absolute Gasteiger partial charge is 0.330 e. The summed E-state index contributed by atoms with van der Waals surface area (Å²) >= 11 is 0. The average molecular weight is 212 g/mol. The van der Waals surface area contributed by atoms with Crippen molar-refractivity contribution in [1.82, 2.24) is 4.98 Å². The molecule has 16 heavy (non-hydrogen) atoms. The Morgan fingerprint density at radius 3 is 2.69 bits per heavy atom. The van der Waals surface area contributed by atoms with Gasteiger partial charge in [-0.05, 0) is 24.3 Å². The molecule has 0 radical (unpaired) electrons. The van der Waals surface area contributed by atoms with Crippen molar-refractivity contribution < 1.29 is 0 Å². The van der Waals surface area contributed by atoms with Gasteiger partial charge in [0.1, 0.15) is 0 Å². The van der Waals surface area contributed by atoms with E-state index in [4.69, 9.17) is 5.73 Å². The van der Waals surface area contributed by atoms with Crippen molar-refractivity contribution in [3.63, 3.8) is 0 Å². The number of benzene rings is 1. The maximum atomic E-state index is 5.95. The number of hydrogen-bond acceptors (Lipinski definition) is 2. The molecule has 1 saturated carbocycles. The summed E-state index contributed by atoms with van der Waals surface area (Å²) in [4.78, 5) is 4.59. The van der Waals surface area contributed by atoms with E-state index in [9.17, 15) is 0 Å². The predicted molar refractivity (Wildman–Crippen MR) is 66.3 cm³/mol. The van der Waals surface area contributed by atoms with Crippen LogP contribution in [0.3, 0.4) is 0 Å². The third kappa shape index (κ3) is 1.26. The molecule has 1 aromatic carbocycles. The highest BCUT2D eigenvalue weighted by Gasteiger charge is 2.39. The quantitative estimate of drug-likeness (QED) is 0.831. The topological polar surface area (TPSA) is 38.9 Å². The highest BCUT2D eigenvalue weighted by molar-refractivity contribution is 5.85. The van der Waals surface area contributed by atoms with Crippen LogP contribution in [0.5, 0.6) is 0 Å².